The third kappa shape index (κ3) is 4.49. The molecule has 17 heavy (non-hydrogen) atoms. The second-order valence-corrected chi connectivity index (χ2v) is 5.10. The fourth-order valence-electron chi connectivity index (χ4n) is 1.89. The summed E-state index contributed by atoms with van der Waals surface area (Å²) in [7, 11) is 1.76. The van der Waals surface area contributed by atoms with Crippen molar-refractivity contribution in [3.63, 3.8) is 0 Å². The molecule has 0 fully saturated rings. The number of ether oxygens (including phenoxy) is 1. The summed E-state index contributed by atoms with van der Waals surface area (Å²) in [4.78, 5) is 0. The van der Waals surface area contributed by atoms with Gasteiger partial charge >= 0.3 is 0 Å². The zero-order valence-electron chi connectivity index (χ0n) is 11.7. The molecule has 0 radical (unpaired) electrons. The SMILES string of the molecule is COCC(NC(C)c1ccc(C)cc1)C(C)C. The van der Waals surface area contributed by atoms with Crippen LogP contribution in [-0.2, 0) is 4.74 Å². The lowest BCUT2D eigenvalue weighted by Gasteiger charge is -2.26. The topological polar surface area (TPSA) is 21.3 Å². The zero-order valence-corrected chi connectivity index (χ0v) is 11.7. The number of hydrogen-bond donors (Lipinski definition) is 1. The van der Waals surface area contributed by atoms with Crippen molar-refractivity contribution < 1.29 is 4.74 Å². The highest BCUT2D eigenvalue weighted by atomic mass is 16.5. The van der Waals surface area contributed by atoms with Gasteiger partial charge in [0.2, 0.25) is 0 Å². The molecule has 0 amide bonds. The molecule has 0 bridgehead atoms. The Morgan fingerprint density at radius 3 is 2.18 bits per heavy atom. The molecule has 2 unspecified atom stereocenters. The molecule has 2 heteroatoms. The van der Waals surface area contributed by atoms with Crippen molar-refractivity contribution in [2.75, 3.05) is 13.7 Å². The van der Waals surface area contributed by atoms with Gasteiger partial charge in [-0.25, -0.2) is 0 Å². The molecular formula is C15H25NO. The average Bonchev–Trinajstić information content (AvgIpc) is 2.29. The molecule has 1 aromatic carbocycles. The molecule has 0 spiro atoms. The Bertz CT molecular complexity index is 318. The normalized spacial score (nSPS) is 14.9. The lowest BCUT2D eigenvalue weighted by Crippen LogP contribution is -2.39. The van der Waals surface area contributed by atoms with E-state index in [9.17, 15) is 0 Å². The van der Waals surface area contributed by atoms with Crippen LogP contribution in [0.1, 0.15) is 37.9 Å². The molecule has 1 N–H and O–H groups in total. The summed E-state index contributed by atoms with van der Waals surface area (Å²) in [5.41, 5.74) is 2.63. The van der Waals surface area contributed by atoms with Crippen LogP contribution in [0.5, 0.6) is 0 Å². The minimum Gasteiger partial charge on any atom is -0.383 e. The monoisotopic (exact) mass is 235 g/mol. The van der Waals surface area contributed by atoms with Gasteiger partial charge in [0, 0.05) is 19.2 Å². The maximum atomic E-state index is 5.26. The molecule has 0 aliphatic carbocycles. The molecule has 2 atom stereocenters. The van der Waals surface area contributed by atoms with Crippen LogP contribution < -0.4 is 5.32 Å². The van der Waals surface area contributed by atoms with E-state index in [1.165, 1.54) is 11.1 Å². The standard InChI is InChI=1S/C15H25NO/c1-11(2)15(10-17-5)16-13(4)14-8-6-12(3)7-9-14/h6-9,11,13,15-16H,10H2,1-5H3. The van der Waals surface area contributed by atoms with E-state index in [1.54, 1.807) is 7.11 Å². The summed E-state index contributed by atoms with van der Waals surface area (Å²) in [6, 6.07) is 9.46. The molecule has 0 saturated carbocycles. The van der Waals surface area contributed by atoms with Crippen molar-refractivity contribution in [1.29, 1.82) is 0 Å². The van der Waals surface area contributed by atoms with Crippen LogP contribution in [0.4, 0.5) is 0 Å². The summed E-state index contributed by atoms with van der Waals surface area (Å²) in [5.74, 6) is 0.572. The third-order valence-electron chi connectivity index (χ3n) is 3.19. The molecule has 0 aliphatic rings. The lowest BCUT2D eigenvalue weighted by molar-refractivity contribution is 0.141. The quantitative estimate of drug-likeness (QED) is 0.816. The van der Waals surface area contributed by atoms with E-state index in [-0.39, 0.29) is 0 Å². The second kappa shape index (κ2) is 6.77. The maximum absolute atomic E-state index is 5.26. The summed E-state index contributed by atoms with van der Waals surface area (Å²) in [5, 5.41) is 3.63. The minimum absolute atomic E-state index is 0.359. The van der Waals surface area contributed by atoms with Crippen LogP contribution in [0.25, 0.3) is 0 Å². The molecule has 1 aromatic rings. The molecule has 2 nitrogen and oxygen atoms in total. The summed E-state index contributed by atoms with van der Waals surface area (Å²) < 4.78 is 5.26. The summed E-state index contributed by atoms with van der Waals surface area (Å²) >= 11 is 0. The minimum atomic E-state index is 0.359. The summed E-state index contributed by atoms with van der Waals surface area (Å²) in [6.07, 6.45) is 0. The van der Waals surface area contributed by atoms with E-state index in [1.807, 2.05) is 0 Å². The Labute approximate surface area is 105 Å². The summed E-state index contributed by atoms with van der Waals surface area (Å²) in [6.45, 7) is 9.52. The fourth-order valence-corrected chi connectivity index (χ4v) is 1.89. The van der Waals surface area contributed by atoms with Crippen LogP contribution in [-0.4, -0.2) is 19.8 Å². The third-order valence-corrected chi connectivity index (χ3v) is 3.19. The first-order chi connectivity index (χ1) is 8.04. The van der Waals surface area contributed by atoms with Crippen molar-refractivity contribution in [2.24, 2.45) is 5.92 Å². The molecule has 0 aliphatic heterocycles. The number of nitrogens with one attached hydrogen (secondary N) is 1. The highest BCUT2D eigenvalue weighted by Gasteiger charge is 2.16. The Balaban J connectivity index is 2.63. The van der Waals surface area contributed by atoms with Gasteiger partial charge in [0.05, 0.1) is 6.61 Å². The number of methoxy groups -OCH3 is 1. The molecule has 0 aromatic heterocycles. The van der Waals surface area contributed by atoms with E-state index in [0.29, 0.717) is 18.0 Å². The van der Waals surface area contributed by atoms with Crippen molar-refractivity contribution in [3.8, 4) is 0 Å². The number of hydrogen-bond acceptors (Lipinski definition) is 2. The lowest BCUT2D eigenvalue weighted by atomic mass is 10.0. The highest BCUT2D eigenvalue weighted by Crippen LogP contribution is 2.15. The van der Waals surface area contributed by atoms with Gasteiger partial charge in [0.1, 0.15) is 0 Å². The Morgan fingerprint density at radius 1 is 1.12 bits per heavy atom. The maximum Gasteiger partial charge on any atom is 0.0618 e. The second-order valence-electron chi connectivity index (χ2n) is 5.10. The largest absolute Gasteiger partial charge is 0.383 e. The van der Waals surface area contributed by atoms with Crippen LogP contribution in [0.15, 0.2) is 24.3 Å². The number of aryl methyl sites for hydroxylation is 1. The molecule has 96 valence electrons. The van der Waals surface area contributed by atoms with Crippen molar-refractivity contribution >= 4 is 0 Å². The van der Waals surface area contributed by atoms with Gasteiger partial charge in [-0.15, -0.1) is 0 Å². The first kappa shape index (κ1) is 14.2. The van der Waals surface area contributed by atoms with Gasteiger partial charge in [0.15, 0.2) is 0 Å². The van der Waals surface area contributed by atoms with Crippen LogP contribution >= 0.6 is 0 Å². The van der Waals surface area contributed by atoms with Crippen LogP contribution in [0, 0.1) is 12.8 Å². The molecular weight excluding hydrogens is 210 g/mol. The van der Waals surface area contributed by atoms with E-state index in [0.717, 1.165) is 6.61 Å². The van der Waals surface area contributed by atoms with E-state index in [4.69, 9.17) is 4.74 Å². The molecule has 1 rings (SSSR count). The van der Waals surface area contributed by atoms with Gasteiger partial charge in [-0.2, -0.15) is 0 Å². The van der Waals surface area contributed by atoms with Gasteiger partial charge < -0.3 is 10.1 Å². The van der Waals surface area contributed by atoms with Crippen molar-refractivity contribution in [1.82, 2.24) is 5.32 Å². The van der Waals surface area contributed by atoms with Gasteiger partial charge in [-0.1, -0.05) is 43.7 Å². The number of rotatable bonds is 6. The average molecular weight is 235 g/mol. The molecule has 0 saturated heterocycles. The van der Waals surface area contributed by atoms with Gasteiger partial charge in [-0.05, 0) is 25.3 Å². The van der Waals surface area contributed by atoms with Gasteiger partial charge in [-0.3, -0.25) is 0 Å². The van der Waals surface area contributed by atoms with E-state index >= 15 is 0 Å². The predicted octanol–water partition coefficient (Wildman–Crippen LogP) is 3.32. The fraction of sp³-hybridized carbons (Fsp3) is 0.600. The Hall–Kier alpha value is -0.860. The van der Waals surface area contributed by atoms with Gasteiger partial charge in [0.25, 0.3) is 0 Å². The van der Waals surface area contributed by atoms with Crippen LogP contribution in [0.3, 0.4) is 0 Å². The molecule has 0 heterocycles. The van der Waals surface area contributed by atoms with E-state index in [2.05, 4.69) is 57.3 Å². The highest BCUT2D eigenvalue weighted by molar-refractivity contribution is 5.23. The van der Waals surface area contributed by atoms with Crippen molar-refractivity contribution in [2.45, 2.75) is 39.8 Å². The Morgan fingerprint density at radius 2 is 1.71 bits per heavy atom. The van der Waals surface area contributed by atoms with Crippen LogP contribution in [0.2, 0.25) is 0 Å². The van der Waals surface area contributed by atoms with E-state index < -0.39 is 0 Å². The smallest absolute Gasteiger partial charge is 0.0618 e. The Kier molecular flexibility index (Phi) is 5.66. The number of benzene rings is 1. The first-order valence-electron chi connectivity index (χ1n) is 6.36. The zero-order chi connectivity index (χ0) is 12.8. The predicted molar refractivity (Wildman–Crippen MR) is 73.2 cm³/mol. The first-order valence-corrected chi connectivity index (χ1v) is 6.36. The van der Waals surface area contributed by atoms with Crippen molar-refractivity contribution in [3.05, 3.63) is 35.4 Å².